The molecule has 3 aromatic rings. The van der Waals surface area contributed by atoms with E-state index in [-0.39, 0.29) is 12.2 Å². The van der Waals surface area contributed by atoms with Crippen molar-refractivity contribution in [2.45, 2.75) is 13.3 Å². The highest BCUT2D eigenvalue weighted by Gasteiger charge is 2.20. The molecule has 2 aromatic heterocycles. The molecule has 0 saturated heterocycles. The van der Waals surface area contributed by atoms with Crippen LogP contribution in [0.3, 0.4) is 0 Å². The number of esters is 1. The number of halogens is 1. The first-order chi connectivity index (χ1) is 12.1. The minimum atomic E-state index is -0.649. The van der Waals surface area contributed by atoms with E-state index in [9.17, 15) is 9.59 Å². The van der Waals surface area contributed by atoms with Crippen molar-refractivity contribution < 1.29 is 9.53 Å². The van der Waals surface area contributed by atoms with Gasteiger partial charge in [-0.15, -0.1) is 11.3 Å². The van der Waals surface area contributed by atoms with Crippen LogP contribution >= 0.6 is 22.9 Å². The van der Waals surface area contributed by atoms with Gasteiger partial charge in [0.2, 0.25) is 0 Å². The molecule has 0 amide bonds. The van der Waals surface area contributed by atoms with Crippen molar-refractivity contribution in [2.75, 3.05) is 18.5 Å². The van der Waals surface area contributed by atoms with E-state index in [1.165, 1.54) is 4.88 Å². The molecule has 25 heavy (non-hydrogen) atoms. The number of H-pyrrole nitrogens is 1. The third-order valence-electron chi connectivity index (χ3n) is 3.71. The van der Waals surface area contributed by atoms with E-state index in [1.807, 2.05) is 17.5 Å². The van der Waals surface area contributed by atoms with Gasteiger partial charge in [-0.25, -0.2) is 4.79 Å². The minimum absolute atomic E-state index is 0.0252. The quantitative estimate of drug-likeness (QED) is 0.636. The fourth-order valence-electron chi connectivity index (χ4n) is 2.61. The number of ether oxygens (including phenoxy) is 1. The smallest absolute Gasteiger partial charge is 0.345 e. The van der Waals surface area contributed by atoms with E-state index in [4.69, 9.17) is 16.3 Å². The highest BCUT2D eigenvalue weighted by molar-refractivity contribution is 7.09. The van der Waals surface area contributed by atoms with Gasteiger partial charge in [-0.2, -0.15) is 0 Å². The van der Waals surface area contributed by atoms with Crippen molar-refractivity contribution in [2.24, 2.45) is 0 Å². The normalized spacial score (nSPS) is 10.8. The molecule has 2 heterocycles. The number of thiophene rings is 1. The summed E-state index contributed by atoms with van der Waals surface area (Å²) in [5, 5.41) is 6.45. The summed E-state index contributed by atoms with van der Waals surface area (Å²) < 4.78 is 5.05. The van der Waals surface area contributed by atoms with E-state index < -0.39 is 11.5 Å². The molecule has 0 aliphatic rings. The maximum atomic E-state index is 12.4. The SMILES string of the molecule is CCOC(=O)c1c(NCCc2cccs2)c2cc(Cl)ccc2[nH]c1=O. The van der Waals surface area contributed by atoms with Crippen LogP contribution in [0, 0.1) is 0 Å². The molecule has 0 spiro atoms. The molecular formula is C18H17ClN2O3S. The van der Waals surface area contributed by atoms with Gasteiger partial charge in [0.05, 0.1) is 17.8 Å². The summed E-state index contributed by atoms with van der Waals surface area (Å²) in [6.45, 7) is 2.48. The van der Waals surface area contributed by atoms with E-state index in [0.29, 0.717) is 28.2 Å². The molecule has 0 bridgehead atoms. The van der Waals surface area contributed by atoms with E-state index in [0.717, 1.165) is 6.42 Å². The topological polar surface area (TPSA) is 71.2 Å². The van der Waals surface area contributed by atoms with Crippen LogP contribution in [0.1, 0.15) is 22.2 Å². The summed E-state index contributed by atoms with van der Waals surface area (Å²) in [6, 6.07) is 9.18. The van der Waals surface area contributed by atoms with Crippen LogP contribution in [-0.4, -0.2) is 24.1 Å². The highest BCUT2D eigenvalue weighted by atomic mass is 35.5. The Hall–Kier alpha value is -2.31. The largest absolute Gasteiger partial charge is 0.462 e. The third kappa shape index (κ3) is 3.86. The lowest BCUT2D eigenvalue weighted by Gasteiger charge is -2.14. The number of anilines is 1. The number of hydrogen-bond donors (Lipinski definition) is 2. The van der Waals surface area contributed by atoms with Crippen LogP contribution in [0.2, 0.25) is 5.02 Å². The number of benzene rings is 1. The van der Waals surface area contributed by atoms with E-state index >= 15 is 0 Å². The maximum Gasteiger partial charge on any atom is 0.345 e. The van der Waals surface area contributed by atoms with Gasteiger partial charge in [-0.05, 0) is 43.0 Å². The molecule has 0 radical (unpaired) electrons. The molecule has 3 rings (SSSR count). The van der Waals surface area contributed by atoms with Crippen LogP contribution in [0.25, 0.3) is 10.9 Å². The second-order valence-corrected chi connectivity index (χ2v) is 6.84. The molecule has 0 unspecified atom stereocenters. The predicted molar refractivity (Wildman–Crippen MR) is 102 cm³/mol. The van der Waals surface area contributed by atoms with Gasteiger partial charge in [-0.1, -0.05) is 17.7 Å². The van der Waals surface area contributed by atoms with Crippen LogP contribution in [-0.2, 0) is 11.2 Å². The van der Waals surface area contributed by atoms with Crippen molar-refractivity contribution in [3.63, 3.8) is 0 Å². The van der Waals surface area contributed by atoms with Crippen molar-refractivity contribution in [3.05, 3.63) is 61.5 Å². The summed E-state index contributed by atoms with van der Waals surface area (Å²) in [7, 11) is 0. The average molecular weight is 377 g/mol. The predicted octanol–water partition coefficient (Wildman–Crippen LogP) is 4.07. The van der Waals surface area contributed by atoms with Crippen molar-refractivity contribution in [1.29, 1.82) is 0 Å². The molecule has 0 fully saturated rings. The number of carbonyl (C=O) groups excluding carboxylic acids is 1. The van der Waals surface area contributed by atoms with Gasteiger partial charge in [0, 0.05) is 21.8 Å². The first kappa shape index (κ1) is 17.5. The van der Waals surface area contributed by atoms with Crippen LogP contribution < -0.4 is 10.9 Å². The number of nitrogens with one attached hydrogen (secondary N) is 2. The number of aromatic amines is 1. The Morgan fingerprint density at radius 3 is 2.92 bits per heavy atom. The fraction of sp³-hybridized carbons (Fsp3) is 0.222. The number of pyridine rings is 1. The fourth-order valence-corrected chi connectivity index (χ4v) is 3.49. The van der Waals surface area contributed by atoms with Crippen LogP contribution in [0.15, 0.2) is 40.5 Å². The minimum Gasteiger partial charge on any atom is -0.462 e. The number of hydrogen-bond acceptors (Lipinski definition) is 5. The molecule has 2 N–H and O–H groups in total. The zero-order valence-electron chi connectivity index (χ0n) is 13.6. The zero-order valence-corrected chi connectivity index (χ0v) is 15.2. The molecular weight excluding hydrogens is 360 g/mol. The Balaban J connectivity index is 2.03. The van der Waals surface area contributed by atoms with Crippen molar-refractivity contribution in [1.82, 2.24) is 4.98 Å². The monoisotopic (exact) mass is 376 g/mol. The van der Waals surface area contributed by atoms with Crippen LogP contribution in [0.4, 0.5) is 5.69 Å². The Morgan fingerprint density at radius 2 is 2.20 bits per heavy atom. The zero-order chi connectivity index (χ0) is 17.8. The van der Waals surface area contributed by atoms with E-state index in [1.54, 1.807) is 36.5 Å². The maximum absolute atomic E-state index is 12.4. The molecule has 0 aliphatic heterocycles. The van der Waals surface area contributed by atoms with Crippen molar-refractivity contribution >= 4 is 45.5 Å². The molecule has 0 saturated carbocycles. The van der Waals surface area contributed by atoms with Gasteiger partial charge in [0.15, 0.2) is 0 Å². The Labute approximate surface area is 153 Å². The molecule has 130 valence electrons. The lowest BCUT2D eigenvalue weighted by Crippen LogP contribution is -2.23. The van der Waals surface area contributed by atoms with Gasteiger partial charge < -0.3 is 15.0 Å². The van der Waals surface area contributed by atoms with E-state index in [2.05, 4.69) is 10.3 Å². The number of aromatic nitrogens is 1. The second kappa shape index (κ2) is 7.72. The number of fused-ring (bicyclic) bond motifs is 1. The third-order valence-corrected chi connectivity index (χ3v) is 4.88. The summed E-state index contributed by atoms with van der Waals surface area (Å²) >= 11 is 7.77. The Morgan fingerprint density at radius 1 is 1.36 bits per heavy atom. The Kier molecular flexibility index (Phi) is 5.40. The lowest BCUT2D eigenvalue weighted by molar-refractivity contribution is 0.0525. The van der Waals surface area contributed by atoms with Gasteiger partial charge in [-0.3, -0.25) is 4.79 Å². The molecule has 0 atom stereocenters. The number of rotatable bonds is 6. The molecule has 7 heteroatoms. The summed E-state index contributed by atoms with van der Waals surface area (Å²) in [4.78, 5) is 28.6. The lowest BCUT2D eigenvalue weighted by atomic mass is 10.1. The molecule has 0 aliphatic carbocycles. The first-order valence-corrected chi connectivity index (χ1v) is 9.15. The van der Waals surface area contributed by atoms with Crippen LogP contribution in [0.5, 0.6) is 0 Å². The number of carbonyl (C=O) groups is 1. The molecule has 1 aromatic carbocycles. The average Bonchev–Trinajstić information content (AvgIpc) is 3.09. The van der Waals surface area contributed by atoms with Crippen molar-refractivity contribution in [3.8, 4) is 0 Å². The second-order valence-electron chi connectivity index (χ2n) is 5.37. The molecule has 5 nitrogen and oxygen atoms in total. The summed E-state index contributed by atoms with van der Waals surface area (Å²) in [5.74, 6) is -0.649. The Bertz CT molecular complexity index is 951. The first-order valence-electron chi connectivity index (χ1n) is 7.89. The van der Waals surface area contributed by atoms with Gasteiger partial charge in [0.25, 0.3) is 5.56 Å². The van der Waals surface area contributed by atoms with Gasteiger partial charge in [0.1, 0.15) is 5.56 Å². The summed E-state index contributed by atoms with van der Waals surface area (Å²) in [5.41, 5.74) is 0.562. The standard InChI is InChI=1S/C18H17ClN2O3S/c1-2-24-18(23)15-16(20-8-7-12-4-3-9-25-12)13-10-11(19)5-6-14(13)21-17(15)22/h3-6,9-10H,2,7-8H2,1H3,(H2,20,21,22). The van der Waals surface area contributed by atoms with Gasteiger partial charge >= 0.3 is 5.97 Å². The summed E-state index contributed by atoms with van der Waals surface area (Å²) in [6.07, 6.45) is 0.786. The highest BCUT2D eigenvalue weighted by Crippen LogP contribution is 2.27.